The summed E-state index contributed by atoms with van der Waals surface area (Å²) in [4.78, 5) is 11.5. The molecule has 0 spiro atoms. The zero-order valence-electron chi connectivity index (χ0n) is 12.3. The standard InChI is InChI=1S/C15H13Cl2NO4S/c1-9-3-4-10(15(19)22-2)5-14(9)23(20,21)18-13-7-11(16)6-12(17)8-13/h3-8,18H,1-2H3. The molecule has 0 saturated heterocycles. The number of ether oxygens (including phenoxy) is 1. The molecule has 0 heterocycles. The second kappa shape index (κ2) is 6.78. The molecular weight excluding hydrogens is 361 g/mol. The van der Waals surface area contributed by atoms with E-state index in [-0.39, 0.29) is 16.1 Å². The van der Waals surface area contributed by atoms with Crippen LogP contribution in [0.1, 0.15) is 15.9 Å². The number of halogens is 2. The Kier molecular flexibility index (Phi) is 5.19. The summed E-state index contributed by atoms with van der Waals surface area (Å²) in [5, 5.41) is 0.602. The number of esters is 1. The first-order valence-corrected chi connectivity index (χ1v) is 8.65. The topological polar surface area (TPSA) is 72.5 Å². The fourth-order valence-electron chi connectivity index (χ4n) is 1.96. The van der Waals surface area contributed by atoms with Crippen molar-refractivity contribution in [3.05, 3.63) is 57.6 Å². The summed E-state index contributed by atoms with van der Waals surface area (Å²) in [5.41, 5.74) is 0.853. The quantitative estimate of drug-likeness (QED) is 0.825. The van der Waals surface area contributed by atoms with Gasteiger partial charge in [0.2, 0.25) is 0 Å². The van der Waals surface area contributed by atoms with Crippen molar-refractivity contribution in [3.8, 4) is 0 Å². The number of hydrogen-bond donors (Lipinski definition) is 1. The highest BCUT2D eigenvalue weighted by molar-refractivity contribution is 7.92. The van der Waals surface area contributed by atoms with Gasteiger partial charge in [-0.1, -0.05) is 29.3 Å². The molecule has 1 N–H and O–H groups in total. The van der Waals surface area contributed by atoms with Crippen molar-refractivity contribution in [2.45, 2.75) is 11.8 Å². The Morgan fingerprint density at radius 1 is 1.09 bits per heavy atom. The monoisotopic (exact) mass is 373 g/mol. The molecule has 8 heteroatoms. The number of nitrogens with one attached hydrogen (secondary N) is 1. The number of carbonyl (C=O) groups is 1. The summed E-state index contributed by atoms with van der Waals surface area (Å²) in [7, 11) is -2.69. The van der Waals surface area contributed by atoms with Gasteiger partial charge in [-0.05, 0) is 42.8 Å². The number of carbonyl (C=O) groups excluding carboxylic acids is 1. The van der Waals surface area contributed by atoms with E-state index in [1.54, 1.807) is 6.92 Å². The molecule has 0 aliphatic rings. The largest absolute Gasteiger partial charge is 0.465 e. The van der Waals surface area contributed by atoms with Crippen LogP contribution in [0.5, 0.6) is 0 Å². The lowest BCUT2D eigenvalue weighted by molar-refractivity contribution is 0.0600. The highest BCUT2D eigenvalue weighted by atomic mass is 35.5. The normalized spacial score (nSPS) is 11.1. The van der Waals surface area contributed by atoms with Crippen LogP contribution >= 0.6 is 23.2 Å². The molecule has 2 aromatic carbocycles. The van der Waals surface area contributed by atoms with Gasteiger partial charge in [-0.3, -0.25) is 4.72 Å². The predicted octanol–water partition coefficient (Wildman–Crippen LogP) is 3.89. The Morgan fingerprint density at radius 3 is 2.26 bits per heavy atom. The number of aryl methyl sites for hydroxylation is 1. The Balaban J connectivity index is 2.45. The van der Waals surface area contributed by atoms with Gasteiger partial charge in [0.15, 0.2) is 0 Å². The zero-order valence-corrected chi connectivity index (χ0v) is 14.6. The molecule has 0 aliphatic heterocycles. The predicted molar refractivity (Wildman–Crippen MR) is 89.8 cm³/mol. The summed E-state index contributed by atoms with van der Waals surface area (Å²) in [6.45, 7) is 1.63. The van der Waals surface area contributed by atoms with Gasteiger partial charge in [0.25, 0.3) is 10.0 Å². The maximum Gasteiger partial charge on any atom is 0.337 e. The molecular formula is C15H13Cl2NO4S. The van der Waals surface area contributed by atoms with Crippen LogP contribution in [0.15, 0.2) is 41.3 Å². The summed E-state index contributed by atoms with van der Waals surface area (Å²) in [6, 6.07) is 8.65. The third-order valence-corrected chi connectivity index (χ3v) is 4.97. The van der Waals surface area contributed by atoms with E-state index in [1.165, 1.54) is 43.5 Å². The summed E-state index contributed by atoms with van der Waals surface area (Å²) in [5.74, 6) is -0.618. The van der Waals surface area contributed by atoms with Crippen molar-refractivity contribution in [1.82, 2.24) is 0 Å². The van der Waals surface area contributed by atoms with E-state index in [1.807, 2.05) is 0 Å². The molecule has 2 aromatic rings. The first kappa shape index (κ1) is 17.6. The lowest BCUT2D eigenvalue weighted by atomic mass is 10.1. The molecule has 0 fully saturated rings. The lowest BCUT2D eigenvalue weighted by Gasteiger charge is -2.12. The summed E-state index contributed by atoms with van der Waals surface area (Å²) >= 11 is 11.7. The third-order valence-electron chi connectivity index (χ3n) is 3.01. The van der Waals surface area contributed by atoms with Gasteiger partial charge in [-0.25, -0.2) is 13.2 Å². The lowest BCUT2D eigenvalue weighted by Crippen LogP contribution is -2.15. The van der Waals surface area contributed by atoms with Crippen LogP contribution in [0, 0.1) is 6.92 Å². The number of sulfonamides is 1. The Morgan fingerprint density at radius 2 is 1.70 bits per heavy atom. The van der Waals surface area contributed by atoms with Crippen LogP contribution in [-0.4, -0.2) is 21.5 Å². The van der Waals surface area contributed by atoms with Crippen LogP contribution in [0.3, 0.4) is 0 Å². The van der Waals surface area contributed by atoms with E-state index in [0.717, 1.165) is 0 Å². The first-order chi connectivity index (χ1) is 10.7. The molecule has 5 nitrogen and oxygen atoms in total. The highest BCUT2D eigenvalue weighted by Gasteiger charge is 2.20. The average Bonchev–Trinajstić information content (AvgIpc) is 2.45. The minimum atomic E-state index is -3.92. The third kappa shape index (κ3) is 4.16. The SMILES string of the molecule is COC(=O)c1ccc(C)c(S(=O)(=O)Nc2cc(Cl)cc(Cl)c2)c1. The van der Waals surface area contributed by atoms with Gasteiger partial charge in [0, 0.05) is 10.0 Å². The molecule has 23 heavy (non-hydrogen) atoms. The van der Waals surface area contributed by atoms with Gasteiger partial charge >= 0.3 is 5.97 Å². The molecule has 0 aliphatic carbocycles. The Hall–Kier alpha value is -1.76. The van der Waals surface area contributed by atoms with Gasteiger partial charge in [-0.2, -0.15) is 0 Å². The van der Waals surface area contributed by atoms with E-state index in [2.05, 4.69) is 9.46 Å². The van der Waals surface area contributed by atoms with Crippen molar-refractivity contribution in [3.63, 3.8) is 0 Å². The maximum atomic E-state index is 12.6. The van der Waals surface area contributed by atoms with Crippen LogP contribution in [0.25, 0.3) is 0 Å². The smallest absolute Gasteiger partial charge is 0.337 e. The molecule has 0 bridgehead atoms. The molecule has 0 unspecified atom stereocenters. The van der Waals surface area contributed by atoms with Gasteiger partial charge in [0.05, 0.1) is 23.3 Å². The van der Waals surface area contributed by atoms with Crippen molar-refractivity contribution < 1.29 is 17.9 Å². The Bertz CT molecular complexity index is 846. The minimum absolute atomic E-state index is 0.0310. The van der Waals surface area contributed by atoms with Gasteiger partial charge < -0.3 is 4.74 Å². The molecule has 0 saturated carbocycles. The maximum absolute atomic E-state index is 12.6. The molecule has 122 valence electrons. The summed E-state index contributed by atoms with van der Waals surface area (Å²) in [6.07, 6.45) is 0. The molecule has 0 amide bonds. The second-order valence-electron chi connectivity index (χ2n) is 4.74. The van der Waals surface area contributed by atoms with Crippen molar-refractivity contribution in [1.29, 1.82) is 0 Å². The van der Waals surface area contributed by atoms with Gasteiger partial charge in [0.1, 0.15) is 0 Å². The number of benzene rings is 2. The minimum Gasteiger partial charge on any atom is -0.465 e. The first-order valence-electron chi connectivity index (χ1n) is 6.41. The summed E-state index contributed by atoms with van der Waals surface area (Å²) < 4.78 is 32.1. The molecule has 0 atom stereocenters. The molecule has 0 radical (unpaired) electrons. The van der Waals surface area contributed by atoms with Crippen molar-refractivity contribution >= 4 is 44.9 Å². The molecule has 0 aromatic heterocycles. The number of rotatable bonds is 4. The zero-order chi connectivity index (χ0) is 17.2. The van der Waals surface area contributed by atoms with Crippen molar-refractivity contribution in [2.75, 3.05) is 11.8 Å². The number of anilines is 1. The van der Waals surface area contributed by atoms with Gasteiger partial charge in [-0.15, -0.1) is 0 Å². The van der Waals surface area contributed by atoms with E-state index in [0.29, 0.717) is 15.6 Å². The molecule has 2 rings (SSSR count). The second-order valence-corrected chi connectivity index (χ2v) is 7.26. The van der Waals surface area contributed by atoms with E-state index < -0.39 is 16.0 Å². The highest BCUT2D eigenvalue weighted by Crippen LogP contribution is 2.26. The average molecular weight is 374 g/mol. The fourth-order valence-corrected chi connectivity index (χ4v) is 3.80. The number of hydrogen-bond acceptors (Lipinski definition) is 4. The Labute approximate surface area is 144 Å². The van der Waals surface area contributed by atoms with Crippen LogP contribution < -0.4 is 4.72 Å². The van der Waals surface area contributed by atoms with E-state index in [9.17, 15) is 13.2 Å². The van der Waals surface area contributed by atoms with Crippen molar-refractivity contribution in [2.24, 2.45) is 0 Å². The fraction of sp³-hybridized carbons (Fsp3) is 0.133. The number of methoxy groups -OCH3 is 1. The van der Waals surface area contributed by atoms with E-state index >= 15 is 0 Å². The van der Waals surface area contributed by atoms with E-state index in [4.69, 9.17) is 23.2 Å². The van der Waals surface area contributed by atoms with Crippen LogP contribution in [0.4, 0.5) is 5.69 Å². The van der Waals surface area contributed by atoms with Crippen LogP contribution in [-0.2, 0) is 14.8 Å². The van der Waals surface area contributed by atoms with Crippen LogP contribution in [0.2, 0.25) is 10.0 Å².